The van der Waals surface area contributed by atoms with E-state index in [0.717, 1.165) is 32.1 Å². The Balaban J connectivity index is 1.28. The molecule has 170 valence electrons. The van der Waals surface area contributed by atoms with E-state index in [9.17, 15) is 9.59 Å². The van der Waals surface area contributed by atoms with E-state index >= 15 is 0 Å². The molecule has 2 fully saturated rings. The zero-order valence-electron chi connectivity index (χ0n) is 19.3. The Labute approximate surface area is 195 Å². The molecule has 5 heteroatoms. The number of hydrogen-bond donors (Lipinski definition) is 1. The van der Waals surface area contributed by atoms with Crippen LogP contribution in [0.25, 0.3) is 10.8 Å². The summed E-state index contributed by atoms with van der Waals surface area (Å²) in [5, 5.41) is 5.44. The van der Waals surface area contributed by atoms with Crippen molar-refractivity contribution in [2.24, 2.45) is 5.92 Å². The molecule has 2 aliphatic heterocycles. The Hall–Kier alpha value is -3.21. The first-order valence-corrected chi connectivity index (χ1v) is 11.9. The molecule has 3 aromatic rings. The van der Waals surface area contributed by atoms with Gasteiger partial charge in [-0.25, -0.2) is 0 Å². The van der Waals surface area contributed by atoms with Gasteiger partial charge in [0, 0.05) is 35.4 Å². The molecule has 0 saturated carbocycles. The quantitative estimate of drug-likeness (QED) is 0.621. The maximum absolute atomic E-state index is 13.6. The summed E-state index contributed by atoms with van der Waals surface area (Å²) in [7, 11) is 0. The summed E-state index contributed by atoms with van der Waals surface area (Å²) in [6.45, 7) is 3.65. The normalized spacial score (nSPS) is 22.4. The van der Waals surface area contributed by atoms with Crippen LogP contribution in [0.3, 0.4) is 0 Å². The van der Waals surface area contributed by atoms with Crippen molar-refractivity contribution >= 4 is 22.6 Å². The minimum Gasteiger partial charge on any atom is -0.338 e. The number of carbonyl (C=O) groups excluding carboxylic acids is 2. The average molecular weight is 442 g/mol. The smallest absolute Gasteiger partial charge is 0.252 e. The molecule has 2 atom stereocenters. The molecule has 3 heterocycles. The van der Waals surface area contributed by atoms with Gasteiger partial charge in [-0.05, 0) is 81.0 Å². The van der Waals surface area contributed by atoms with E-state index in [-0.39, 0.29) is 23.9 Å². The molecular weight excluding hydrogens is 410 g/mol. The molecule has 0 aliphatic carbocycles. The molecule has 2 unspecified atom stereocenters. The van der Waals surface area contributed by atoms with Gasteiger partial charge < -0.3 is 10.2 Å². The third-order valence-electron chi connectivity index (χ3n) is 7.34. The highest BCUT2D eigenvalue weighted by Crippen LogP contribution is 2.41. The fraction of sp³-hybridized carbons (Fsp3) is 0.393. The lowest BCUT2D eigenvalue weighted by Gasteiger charge is -2.43. The molecular formula is C28H31N3O2. The van der Waals surface area contributed by atoms with Gasteiger partial charge in [0.05, 0.1) is 0 Å². The van der Waals surface area contributed by atoms with E-state index in [1.165, 1.54) is 16.3 Å². The minimum atomic E-state index is -0.943. The first-order valence-electron chi connectivity index (χ1n) is 11.9. The van der Waals surface area contributed by atoms with Crippen molar-refractivity contribution in [1.29, 1.82) is 0 Å². The summed E-state index contributed by atoms with van der Waals surface area (Å²) in [6.07, 6.45) is 8.96. The van der Waals surface area contributed by atoms with E-state index in [2.05, 4.69) is 39.5 Å². The summed E-state index contributed by atoms with van der Waals surface area (Å²) in [5.74, 6) is 0.382. The van der Waals surface area contributed by atoms with E-state index in [1.807, 2.05) is 44.4 Å². The second-order valence-electron chi connectivity index (χ2n) is 10.1. The molecule has 2 aromatic carbocycles. The molecule has 2 aliphatic rings. The fourth-order valence-electron chi connectivity index (χ4n) is 5.78. The second-order valence-corrected chi connectivity index (χ2v) is 10.1. The molecule has 1 N–H and O–H groups in total. The topological polar surface area (TPSA) is 62.3 Å². The maximum Gasteiger partial charge on any atom is 0.252 e. The van der Waals surface area contributed by atoms with Crippen LogP contribution in [0, 0.1) is 5.92 Å². The Morgan fingerprint density at radius 1 is 1.00 bits per heavy atom. The van der Waals surface area contributed by atoms with Gasteiger partial charge in [-0.15, -0.1) is 0 Å². The molecule has 5 rings (SSSR count). The zero-order valence-corrected chi connectivity index (χ0v) is 19.3. The van der Waals surface area contributed by atoms with E-state index in [4.69, 9.17) is 0 Å². The highest BCUT2D eigenvalue weighted by atomic mass is 16.2. The van der Waals surface area contributed by atoms with Gasteiger partial charge in [0.15, 0.2) is 0 Å². The maximum atomic E-state index is 13.6. The molecule has 2 saturated heterocycles. The molecule has 33 heavy (non-hydrogen) atoms. The number of carbonyl (C=O) groups is 2. The molecule has 0 spiro atoms. The number of rotatable bonds is 5. The molecule has 2 amide bonds. The number of aromatic nitrogens is 1. The van der Waals surface area contributed by atoms with Crippen molar-refractivity contribution in [2.75, 3.05) is 0 Å². The molecule has 0 radical (unpaired) electrons. The number of nitrogens with one attached hydrogen (secondary N) is 1. The van der Waals surface area contributed by atoms with Gasteiger partial charge in [-0.1, -0.05) is 36.4 Å². The van der Waals surface area contributed by atoms with Gasteiger partial charge in [0.25, 0.3) is 5.91 Å². The minimum absolute atomic E-state index is 0.0343. The zero-order chi connectivity index (χ0) is 23.0. The molecule has 5 nitrogen and oxygen atoms in total. The summed E-state index contributed by atoms with van der Waals surface area (Å²) < 4.78 is 0. The molecule has 2 bridgehead atoms. The highest BCUT2D eigenvalue weighted by Gasteiger charge is 2.47. The standard InChI is InChI=1S/C28H31N3O2/c1-28(2,30-26(32)21-7-4-3-5-8-21)27(33)31-23-11-12-24(31)17-19(16-23)15-22-10-6-9-20-13-14-29-18-25(20)22/h3-10,13-14,18-19,23-24H,11-12,15-17H2,1-2H3,(H,30,32). The highest BCUT2D eigenvalue weighted by molar-refractivity contribution is 5.99. The van der Waals surface area contributed by atoms with Gasteiger partial charge >= 0.3 is 0 Å². The third-order valence-corrected chi connectivity index (χ3v) is 7.34. The van der Waals surface area contributed by atoms with Crippen molar-refractivity contribution < 1.29 is 9.59 Å². The third kappa shape index (κ3) is 4.24. The van der Waals surface area contributed by atoms with Crippen LogP contribution in [0.1, 0.15) is 55.5 Å². The van der Waals surface area contributed by atoms with E-state index < -0.39 is 5.54 Å². The molecule has 1 aromatic heterocycles. The number of piperidine rings is 1. The lowest BCUT2D eigenvalue weighted by molar-refractivity contribution is -0.142. The van der Waals surface area contributed by atoms with Crippen molar-refractivity contribution in [3.05, 3.63) is 78.1 Å². The predicted molar refractivity (Wildman–Crippen MR) is 130 cm³/mol. The van der Waals surface area contributed by atoms with Crippen LogP contribution < -0.4 is 5.32 Å². The van der Waals surface area contributed by atoms with Crippen molar-refractivity contribution in [1.82, 2.24) is 15.2 Å². The number of hydrogen-bond acceptors (Lipinski definition) is 3. The number of fused-ring (bicyclic) bond motifs is 3. The average Bonchev–Trinajstić information content (AvgIpc) is 3.08. The van der Waals surface area contributed by atoms with Crippen LogP contribution in [-0.4, -0.2) is 39.3 Å². The monoisotopic (exact) mass is 441 g/mol. The Morgan fingerprint density at radius 2 is 1.73 bits per heavy atom. The first kappa shape index (κ1) is 21.6. The summed E-state index contributed by atoms with van der Waals surface area (Å²) in [6, 6.07) is 18.1. The Bertz CT molecular complexity index is 1150. The van der Waals surface area contributed by atoms with Crippen LogP contribution in [-0.2, 0) is 11.2 Å². The van der Waals surface area contributed by atoms with Crippen molar-refractivity contribution in [3.63, 3.8) is 0 Å². The van der Waals surface area contributed by atoms with E-state index in [0.29, 0.717) is 11.5 Å². The van der Waals surface area contributed by atoms with Crippen LogP contribution in [0.15, 0.2) is 67.0 Å². The van der Waals surface area contributed by atoms with Crippen LogP contribution in [0.5, 0.6) is 0 Å². The predicted octanol–water partition coefficient (Wildman–Crippen LogP) is 4.76. The van der Waals surface area contributed by atoms with Crippen LogP contribution in [0.4, 0.5) is 0 Å². The summed E-state index contributed by atoms with van der Waals surface area (Å²) in [5.41, 5.74) is 0.979. The number of amides is 2. The van der Waals surface area contributed by atoms with Crippen LogP contribution >= 0.6 is 0 Å². The van der Waals surface area contributed by atoms with Crippen LogP contribution in [0.2, 0.25) is 0 Å². The summed E-state index contributed by atoms with van der Waals surface area (Å²) >= 11 is 0. The van der Waals surface area contributed by atoms with Gasteiger partial charge in [0.1, 0.15) is 5.54 Å². The lowest BCUT2D eigenvalue weighted by Crippen LogP contribution is -2.60. The first-order chi connectivity index (χ1) is 15.9. The number of nitrogens with zero attached hydrogens (tertiary/aromatic N) is 2. The van der Waals surface area contributed by atoms with Crippen molar-refractivity contribution in [3.8, 4) is 0 Å². The lowest BCUT2D eigenvalue weighted by atomic mass is 9.84. The number of benzene rings is 2. The Morgan fingerprint density at radius 3 is 2.45 bits per heavy atom. The fourth-order valence-corrected chi connectivity index (χ4v) is 5.78. The van der Waals surface area contributed by atoms with Gasteiger partial charge in [-0.2, -0.15) is 0 Å². The van der Waals surface area contributed by atoms with Crippen molar-refractivity contribution in [2.45, 2.75) is 63.6 Å². The van der Waals surface area contributed by atoms with E-state index in [1.54, 1.807) is 12.1 Å². The SMILES string of the molecule is CC(C)(NC(=O)c1ccccc1)C(=O)N1C2CCC1CC(Cc1cccc3ccncc13)C2. The van der Waals surface area contributed by atoms with Gasteiger partial charge in [0.2, 0.25) is 5.91 Å². The largest absolute Gasteiger partial charge is 0.338 e. The second kappa shape index (κ2) is 8.62. The Kier molecular flexibility index (Phi) is 5.65. The summed E-state index contributed by atoms with van der Waals surface area (Å²) in [4.78, 5) is 32.7. The number of pyridine rings is 1. The van der Waals surface area contributed by atoms with Gasteiger partial charge in [-0.3, -0.25) is 14.6 Å².